The number of hydrogen-bond acceptors (Lipinski definition) is 4. The van der Waals surface area contributed by atoms with Crippen LogP contribution in [0.3, 0.4) is 0 Å². The minimum absolute atomic E-state index is 0.0432. The van der Waals surface area contributed by atoms with E-state index in [0.29, 0.717) is 24.5 Å². The third-order valence-electron chi connectivity index (χ3n) is 4.78. The van der Waals surface area contributed by atoms with Crippen molar-refractivity contribution in [2.24, 2.45) is 11.7 Å². The van der Waals surface area contributed by atoms with Crippen LogP contribution in [0.15, 0.2) is 0 Å². The molecule has 5 nitrogen and oxygen atoms in total. The topological polar surface area (TPSA) is 82.2 Å². The molecular weight excluding hydrogens is 252 g/mol. The second-order valence-electron chi connectivity index (χ2n) is 6.62. The Morgan fingerprint density at radius 1 is 1.35 bits per heavy atom. The predicted octanol–water partition coefficient (Wildman–Crippen LogP) is 0.997. The van der Waals surface area contributed by atoms with Crippen LogP contribution in [-0.4, -0.2) is 42.0 Å². The number of nitrogens with one attached hydrogen (secondary N) is 1. The lowest BCUT2D eigenvalue weighted by atomic mass is 9.91. The number of nitrogens with two attached hydrogens (primary N) is 1. The molecule has 0 aromatic heterocycles. The van der Waals surface area contributed by atoms with Gasteiger partial charge >= 0.3 is 0 Å². The minimum Gasteiger partial charge on any atom is -0.337 e. The van der Waals surface area contributed by atoms with E-state index in [1.165, 1.54) is 0 Å². The average Bonchev–Trinajstić information content (AvgIpc) is 3.23. The van der Waals surface area contributed by atoms with Crippen molar-refractivity contribution in [3.05, 3.63) is 0 Å². The first-order chi connectivity index (χ1) is 9.44. The molecule has 3 N–H and O–H groups in total. The van der Waals surface area contributed by atoms with E-state index in [1.807, 2.05) is 14.0 Å². The first-order valence-electron chi connectivity index (χ1n) is 7.62. The van der Waals surface area contributed by atoms with Crippen LogP contribution in [0.1, 0.15) is 45.4 Å². The highest BCUT2D eigenvalue weighted by molar-refractivity contribution is 5.79. The standard InChI is InChI=1S/C15H26N4O/c1-15(10-16,11-3-4-11)18-14(20)9-19(2)13-7-5-12(17)6-8-13/h11-13H,3-9,17H2,1-2H3,(H,18,20). The molecule has 2 fully saturated rings. The Labute approximate surface area is 121 Å². The van der Waals surface area contributed by atoms with Crippen molar-refractivity contribution < 1.29 is 4.79 Å². The number of nitrogens with zero attached hydrogens (tertiary/aromatic N) is 2. The summed E-state index contributed by atoms with van der Waals surface area (Å²) in [6, 6.07) is 3.03. The maximum absolute atomic E-state index is 12.1. The quantitative estimate of drug-likeness (QED) is 0.786. The summed E-state index contributed by atoms with van der Waals surface area (Å²) < 4.78 is 0. The molecular formula is C15H26N4O. The van der Waals surface area contributed by atoms with Gasteiger partial charge in [-0.05, 0) is 58.4 Å². The smallest absolute Gasteiger partial charge is 0.235 e. The summed E-state index contributed by atoms with van der Waals surface area (Å²) in [6.07, 6.45) is 6.27. The van der Waals surface area contributed by atoms with Gasteiger partial charge in [0, 0.05) is 12.1 Å². The molecule has 1 amide bonds. The monoisotopic (exact) mass is 278 g/mol. The molecule has 2 saturated carbocycles. The van der Waals surface area contributed by atoms with Crippen LogP contribution < -0.4 is 11.1 Å². The molecule has 1 unspecified atom stereocenters. The zero-order chi connectivity index (χ0) is 14.8. The lowest BCUT2D eigenvalue weighted by Gasteiger charge is -2.33. The highest BCUT2D eigenvalue weighted by Gasteiger charge is 2.43. The van der Waals surface area contributed by atoms with E-state index >= 15 is 0 Å². The summed E-state index contributed by atoms with van der Waals surface area (Å²) in [6.45, 7) is 2.20. The number of carbonyl (C=O) groups excluding carboxylic acids is 1. The van der Waals surface area contributed by atoms with Gasteiger partial charge in [0.25, 0.3) is 0 Å². The van der Waals surface area contributed by atoms with Crippen molar-refractivity contribution in [3.8, 4) is 6.07 Å². The molecule has 0 saturated heterocycles. The van der Waals surface area contributed by atoms with Crippen molar-refractivity contribution >= 4 is 5.91 Å². The molecule has 5 heteroatoms. The average molecular weight is 278 g/mol. The number of rotatable bonds is 5. The van der Waals surface area contributed by atoms with Gasteiger partial charge in [-0.2, -0.15) is 5.26 Å². The number of likely N-dealkylation sites (N-methyl/N-ethyl adjacent to an activating group) is 1. The molecule has 1 atom stereocenters. The van der Waals surface area contributed by atoms with Gasteiger partial charge in [-0.1, -0.05) is 0 Å². The zero-order valence-electron chi connectivity index (χ0n) is 12.6. The van der Waals surface area contributed by atoms with Gasteiger partial charge in [0.05, 0.1) is 12.6 Å². The Bertz CT molecular complexity index is 393. The Hall–Kier alpha value is -1.12. The summed E-state index contributed by atoms with van der Waals surface area (Å²) >= 11 is 0. The summed E-state index contributed by atoms with van der Waals surface area (Å²) in [5.74, 6) is 0.285. The molecule has 2 rings (SSSR count). The van der Waals surface area contributed by atoms with Gasteiger partial charge in [0.1, 0.15) is 5.54 Å². The Morgan fingerprint density at radius 2 is 1.95 bits per heavy atom. The number of amides is 1. The molecule has 0 bridgehead atoms. The molecule has 0 aromatic carbocycles. The molecule has 0 heterocycles. The van der Waals surface area contributed by atoms with Crippen LogP contribution in [0, 0.1) is 17.2 Å². The van der Waals surface area contributed by atoms with Crippen LogP contribution >= 0.6 is 0 Å². The van der Waals surface area contributed by atoms with E-state index in [0.717, 1.165) is 38.5 Å². The van der Waals surface area contributed by atoms with Gasteiger partial charge < -0.3 is 11.1 Å². The second kappa shape index (κ2) is 6.11. The van der Waals surface area contributed by atoms with Gasteiger partial charge in [-0.25, -0.2) is 0 Å². The molecule has 2 aliphatic rings. The molecule has 0 aromatic rings. The van der Waals surface area contributed by atoms with Crippen molar-refractivity contribution in [2.75, 3.05) is 13.6 Å². The van der Waals surface area contributed by atoms with E-state index in [2.05, 4.69) is 16.3 Å². The maximum Gasteiger partial charge on any atom is 0.235 e. The SMILES string of the molecule is CN(CC(=O)NC(C)(C#N)C1CC1)C1CCC(N)CC1. The number of carbonyl (C=O) groups is 1. The van der Waals surface area contributed by atoms with Gasteiger partial charge in [-0.15, -0.1) is 0 Å². The van der Waals surface area contributed by atoms with Gasteiger partial charge in [0.15, 0.2) is 0 Å². The van der Waals surface area contributed by atoms with Gasteiger partial charge in [0.2, 0.25) is 5.91 Å². The minimum atomic E-state index is -0.688. The third-order valence-corrected chi connectivity index (χ3v) is 4.78. The first-order valence-corrected chi connectivity index (χ1v) is 7.62. The van der Waals surface area contributed by atoms with Crippen LogP contribution in [0.2, 0.25) is 0 Å². The van der Waals surface area contributed by atoms with E-state index in [9.17, 15) is 10.1 Å². The largest absolute Gasteiger partial charge is 0.337 e. The predicted molar refractivity (Wildman–Crippen MR) is 77.7 cm³/mol. The summed E-state index contributed by atoms with van der Waals surface area (Å²) in [4.78, 5) is 14.2. The van der Waals surface area contributed by atoms with E-state index < -0.39 is 5.54 Å². The first kappa shape index (κ1) is 15.3. The maximum atomic E-state index is 12.1. The fraction of sp³-hybridized carbons (Fsp3) is 0.867. The van der Waals surface area contributed by atoms with Crippen LogP contribution in [-0.2, 0) is 4.79 Å². The summed E-state index contributed by atoms with van der Waals surface area (Å²) in [5.41, 5.74) is 5.22. The molecule has 0 spiro atoms. The van der Waals surface area contributed by atoms with Gasteiger partial charge in [-0.3, -0.25) is 9.69 Å². The highest BCUT2D eigenvalue weighted by atomic mass is 16.2. The van der Waals surface area contributed by atoms with Crippen molar-refractivity contribution in [1.29, 1.82) is 5.26 Å². The lowest BCUT2D eigenvalue weighted by molar-refractivity contribution is -0.124. The van der Waals surface area contributed by atoms with Crippen molar-refractivity contribution in [2.45, 2.75) is 63.1 Å². The molecule has 112 valence electrons. The second-order valence-corrected chi connectivity index (χ2v) is 6.62. The zero-order valence-corrected chi connectivity index (χ0v) is 12.6. The Morgan fingerprint density at radius 3 is 2.45 bits per heavy atom. The van der Waals surface area contributed by atoms with Crippen LogP contribution in [0.5, 0.6) is 0 Å². The fourth-order valence-corrected chi connectivity index (χ4v) is 3.11. The lowest BCUT2D eigenvalue weighted by Crippen LogP contribution is -2.51. The molecule has 0 aliphatic heterocycles. The normalized spacial score (nSPS) is 29.6. The Kier molecular flexibility index (Phi) is 4.66. The van der Waals surface area contributed by atoms with E-state index in [4.69, 9.17) is 5.73 Å². The molecule has 20 heavy (non-hydrogen) atoms. The van der Waals surface area contributed by atoms with E-state index in [1.54, 1.807) is 0 Å². The summed E-state index contributed by atoms with van der Waals surface area (Å²) in [5, 5.41) is 12.2. The number of hydrogen-bond donors (Lipinski definition) is 2. The number of nitriles is 1. The third kappa shape index (κ3) is 3.71. The van der Waals surface area contributed by atoms with Crippen LogP contribution in [0.25, 0.3) is 0 Å². The van der Waals surface area contributed by atoms with Crippen molar-refractivity contribution in [3.63, 3.8) is 0 Å². The highest BCUT2D eigenvalue weighted by Crippen LogP contribution is 2.39. The fourth-order valence-electron chi connectivity index (χ4n) is 3.11. The van der Waals surface area contributed by atoms with Crippen molar-refractivity contribution in [1.82, 2.24) is 10.2 Å². The van der Waals surface area contributed by atoms with E-state index in [-0.39, 0.29) is 5.91 Å². The Balaban J connectivity index is 1.80. The van der Waals surface area contributed by atoms with Crippen LogP contribution in [0.4, 0.5) is 0 Å². The molecule has 2 aliphatic carbocycles. The summed E-state index contributed by atoms with van der Waals surface area (Å²) in [7, 11) is 1.99. The molecule has 0 radical (unpaired) electrons.